The highest BCUT2D eigenvalue weighted by Crippen LogP contribution is 2.48. The van der Waals surface area contributed by atoms with Crippen molar-refractivity contribution in [2.75, 3.05) is 36.4 Å². The van der Waals surface area contributed by atoms with Crippen molar-refractivity contribution in [2.45, 2.75) is 42.7 Å². The number of ether oxygens (including phenoxy) is 1. The Balaban J connectivity index is 1.58. The van der Waals surface area contributed by atoms with Gasteiger partial charge < -0.3 is 14.7 Å². The molecule has 36 heavy (non-hydrogen) atoms. The van der Waals surface area contributed by atoms with Crippen molar-refractivity contribution < 1.29 is 23.1 Å². The molecule has 0 aromatic heterocycles. The molecule has 2 bridgehead atoms. The van der Waals surface area contributed by atoms with Crippen molar-refractivity contribution in [3.63, 3.8) is 0 Å². The lowest BCUT2D eigenvalue weighted by atomic mass is 9.93. The van der Waals surface area contributed by atoms with E-state index in [1.54, 1.807) is 30.3 Å². The molecule has 2 aromatic carbocycles. The zero-order chi connectivity index (χ0) is 25.6. The molecule has 3 aliphatic rings. The number of amides is 1. The number of nitrogens with zero attached hydrogens (tertiary/aromatic N) is 4. The Labute approximate surface area is 211 Å². The number of benzene rings is 2. The molecule has 1 heterocycles. The van der Waals surface area contributed by atoms with Gasteiger partial charge >= 0.3 is 6.09 Å². The van der Waals surface area contributed by atoms with Crippen LogP contribution in [0.4, 0.5) is 16.2 Å². The fourth-order valence-electron chi connectivity index (χ4n) is 6.00. The molecule has 5 rings (SSSR count). The predicted molar refractivity (Wildman–Crippen MR) is 135 cm³/mol. The molecular formula is C26H30N4O5S. The van der Waals surface area contributed by atoms with E-state index >= 15 is 0 Å². The van der Waals surface area contributed by atoms with Crippen LogP contribution in [0, 0.1) is 23.2 Å². The number of fused-ring (bicyclic) bond motifs is 3. The van der Waals surface area contributed by atoms with Crippen molar-refractivity contribution in [1.82, 2.24) is 4.90 Å². The number of nitriles is 1. The van der Waals surface area contributed by atoms with Crippen LogP contribution in [0.25, 0.3) is 0 Å². The largest absolute Gasteiger partial charge is 0.485 e. The van der Waals surface area contributed by atoms with Crippen molar-refractivity contribution in [3.05, 3.63) is 48.0 Å². The molecule has 2 aromatic rings. The zero-order valence-electron chi connectivity index (χ0n) is 20.4. The second-order valence-electron chi connectivity index (χ2n) is 10.2. The third-order valence-corrected chi connectivity index (χ3v) is 9.29. The molecule has 0 saturated heterocycles. The average molecular weight is 511 g/mol. The Morgan fingerprint density at radius 1 is 1.19 bits per heavy atom. The Morgan fingerprint density at radius 3 is 2.64 bits per heavy atom. The summed E-state index contributed by atoms with van der Waals surface area (Å²) in [4.78, 5) is 15.7. The SMILES string of the molecule is CN(C)C[C@H]1CN(S(=O)(=O)c2cccc(C#N)c2)c2cc(N(C(=O)O)[C@H]3C[C@@H]4CC[C@H]3C4)ccc2O1. The van der Waals surface area contributed by atoms with Gasteiger partial charge in [-0.25, -0.2) is 13.2 Å². The third kappa shape index (κ3) is 4.38. The Hall–Kier alpha value is -3.29. The van der Waals surface area contributed by atoms with E-state index in [2.05, 4.69) is 0 Å². The van der Waals surface area contributed by atoms with E-state index in [4.69, 9.17) is 4.74 Å². The normalized spacial score (nSPS) is 24.8. The second-order valence-corrected chi connectivity index (χ2v) is 12.1. The van der Waals surface area contributed by atoms with E-state index in [9.17, 15) is 23.6 Å². The lowest BCUT2D eigenvalue weighted by Crippen LogP contribution is -2.47. The molecule has 1 amide bonds. The highest BCUT2D eigenvalue weighted by molar-refractivity contribution is 7.92. The topological polar surface area (TPSA) is 114 Å². The van der Waals surface area contributed by atoms with E-state index in [1.165, 1.54) is 21.3 Å². The first-order valence-electron chi connectivity index (χ1n) is 12.2. The van der Waals surface area contributed by atoms with E-state index in [-0.39, 0.29) is 23.0 Å². The fourth-order valence-corrected chi connectivity index (χ4v) is 7.55. The minimum Gasteiger partial charge on any atom is -0.485 e. The van der Waals surface area contributed by atoms with E-state index < -0.39 is 22.2 Å². The first-order chi connectivity index (χ1) is 17.2. The number of hydrogen-bond donors (Lipinski definition) is 1. The fraction of sp³-hybridized carbons (Fsp3) is 0.462. The molecule has 0 unspecified atom stereocenters. The lowest BCUT2D eigenvalue weighted by Gasteiger charge is -2.38. The van der Waals surface area contributed by atoms with Crippen LogP contribution in [0.3, 0.4) is 0 Å². The summed E-state index contributed by atoms with van der Waals surface area (Å²) in [5.74, 6) is 1.27. The average Bonchev–Trinajstić information content (AvgIpc) is 3.47. The van der Waals surface area contributed by atoms with Crippen molar-refractivity contribution in [3.8, 4) is 11.8 Å². The van der Waals surface area contributed by atoms with Gasteiger partial charge in [0, 0.05) is 18.3 Å². The van der Waals surface area contributed by atoms with Gasteiger partial charge in [-0.3, -0.25) is 9.21 Å². The van der Waals surface area contributed by atoms with Crippen LogP contribution in [-0.2, 0) is 10.0 Å². The summed E-state index contributed by atoms with van der Waals surface area (Å²) in [5.41, 5.74) is 0.996. The molecule has 2 aliphatic carbocycles. The molecule has 2 fully saturated rings. The zero-order valence-corrected chi connectivity index (χ0v) is 21.2. The maximum absolute atomic E-state index is 13.8. The molecule has 10 heteroatoms. The van der Waals surface area contributed by atoms with Crippen molar-refractivity contribution >= 4 is 27.5 Å². The van der Waals surface area contributed by atoms with Gasteiger partial charge in [-0.05, 0) is 81.6 Å². The minimum absolute atomic E-state index is 0.00611. The first-order valence-corrected chi connectivity index (χ1v) is 13.6. The summed E-state index contributed by atoms with van der Waals surface area (Å²) in [6.07, 6.45) is 2.59. The number of rotatable bonds is 6. The number of sulfonamides is 1. The van der Waals surface area contributed by atoms with Crippen LogP contribution in [0.15, 0.2) is 47.4 Å². The third-order valence-electron chi connectivity index (χ3n) is 7.51. The number of likely N-dealkylation sites (N-methyl/N-ethyl adjacent to an activating group) is 1. The van der Waals surface area contributed by atoms with Gasteiger partial charge in [0.2, 0.25) is 0 Å². The first kappa shape index (κ1) is 24.4. The van der Waals surface area contributed by atoms with Crippen LogP contribution >= 0.6 is 0 Å². The van der Waals surface area contributed by atoms with Gasteiger partial charge in [0.25, 0.3) is 10.0 Å². The molecule has 1 aliphatic heterocycles. The number of hydrogen-bond acceptors (Lipinski definition) is 6. The lowest BCUT2D eigenvalue weighted by molar-refractivity contribution is 0.159. The van der Waals surface area contributed by atoms with Crippen LogP contribution in [0.5, 0.6) is 5.75 Å². The molecular weight excluding hydrogens is 480 g/mol. The van der Waals surface area contributed by atoms with Gasteiger partial charge in [-0.2, -0.15) is 5.26 Å². The number of anilines is 2. The maximum Gasteiger partial charge on any atom is 0.412 e. The Bertz CT molecular complexity index is 1320. The molecule has 9 nitrogen and oxygen atoms in total. The molecule has 1 N–H and O–H groups in total. The Morgan fingerprint density at radius 2 is 2.00 bits per heavy atom. The predicted octanol–water partition coefficient (Wildman–Crippen LogP) is 3.75. The van der Waals surface area contributed by atoms with E-state index in [0.717, 1.165) is 25.7 Å². The van der Waals surface area contributed by atoms with Crippen molar-refractivity contribution in [2.24, 2.45) is 11.8 Å². The summed E-state index contributed by atoms with van der Waals surface area (Å²) in [6, 6.07) is 12.8. The smallest absolute Gasteiger partial charge is 0.412 e. The quantitative estimate of drug-likeness (QED) is 0.629. The highest BCUT2D eigenvalue weighted by Gasteiger charge is 2.45. The number of carbonyl (C=O) groups is 1. The van der Waals surface area contributed by atoms with Gasteiger partial charge in [0.1, 0.15) is 11.9 Å². The maximum atomic E-state index is 13.8. The highest BCUT2D eigenvalue weighted by atomic mass is 32.2. The monoisotopic (exact) mass is 510 g/mol. The molecule has 190 valence electrons. The molecule has 0 spiro atoms. The number of carboxylic acid groups (broad SMARTS) is 1. The summed E-state index contributed by atoms with van der Waals surface area (Å²) in [6.45, 7) is 0.562. The van der Waals surface area contributed by atoms with Crippen LogP contribution in [0.2, 0.25) is 0 Å². The Kier molecular flexibility index (Phi) is 6.30. The molecule has 4 atom stereocenters. The van der Waals surface area contributed by atoms with Crippen LogP contribution < -0.4 is 13.9 Å². The summed E-state index contributed by atoms with van der Waals surface area (Å²) in [7, 11) is -0.277. The van der Waals surface area contributed by atoms with E-state index in [1.807, 2.05) is 25.1 Å². The summed E-state index contributed by atoms with van der Waals surface area (Å²) >= 11 is 0. The van der Waals surface area contributed by atoms with E-state index in [0.29, 0.717) is 35.5 Å². The standard InChI is InChI=1S/C26H30N4O5S/c1-28(2)15-21-16-29(36(33,34)22-5-3-4-18(11-22)14-27)24-13-20(8-9-25(24)35-21)30(26(31)32)23-12-17-6-7-19(23)10-17/h3-5,8-9,11,13,17,19,21,23H,6-7,10,12,15-16H2,1-2H3,(H,31,32)/t17-,19+,21+,23+/m1/s1. The van der Waals surface area contributed by atoms with Gasteiger partial charge in [-0.1, -0.05) is 12.5 Å². The molecule has 0 radical (unpaired) electrons. The van der Waals surface area contributed by atoms with Crippen LogP contribution in [0.1, 0.15) is 31.2 Å². The van der Waals surface area contributed by atoms with Crippen LogP contribution in [-0.4, -0.2) is 63.8 Å². The van der Waals surface area contributed by atoms with Gasteiger partial charge in [0.15, 0.2) is 0 Å². The second kappa shape index (κ2) is 9.30. The van der Waals surface area contributed by atoms with Gasteiger partial charge in [-0.15, -0.1) is 0 Å². The molecule has 2 saturated carbocycles. The van der Waals surface area contributed by atoms with Gasteiger partial charge in [0.05, 0.1) is 28.8 Å². The summed E-state index contributed by atoms with van der Waals surface area (Å²) < 4.78 is 35.1. The summed E-state index contributed by atoms with van der Waals surface area (Å²) in [5, 5.41) is 19.4. The van der Waals surface area contributed by atoms with Crippen molar-refractivity contribution in [1.29, 1.82) is 5.26 Å². The minimum atomic E-state index is -4.05.